The monoisotopic (exact) mass is 174 g/mol. The highest BCUT2D eigenvalue weighted by atomic mass is 16.3. The van der Waals surface area contributed by atoms with E-state index in [4.69, 9.17) is 10.8 Å². The van der Waals surface area contributed by atoms with Gasteiger partial charge in [-0.3, -0.25) is 4.90 Å². The van der Waals surface area contributed by atoms with Crippen molar-refractivity contribution in [1.82, 2.24) is 4.90 Å². The average molecular weight is 174 g/mol. The third-order valence-corrected chi connectivity index (χ3v) is 2.24. The largest absolute Gasteiger partial charge is 0.395 e. The van der Waals surface area contributed by atoms with Crippen molar-refractivity contribution in [2.45, 2.75) is 32.7 Å². The van der Waals surface area contributed by atoms with Gasteiger partial charge < -0.3 is 10.8 Å². The van der Waals surface area contributed by atoms with E-state index in [0.29, 0.717) is 6.04 Å². The molecule has 0 aromatic heterocycles. The van der Waals surface area contributed by atoms with Crippen LogP contribution in [0.5, 0.6) is 0 Å². The van der Waals surface area contributed by atoms with E-state index < -0.39 is 0 Å². The number of aliphatic hydroxyl groups is 1. The van der Waals surface area contributed by atoms with Crippen molar-refractivity contribution < 1.29 is 5.11 Å². The Balaban J connectivity index is 3.60. The molecule has 0 radical (unpaired) electrons. The number of aliphatic hydroxyl groups excluding tert-OH is 1. The number of likely N-dealkylation sites (N-methyl/N-ethyl adjacent to an activating group) is 1. The molecule has 0 aliphatic rings. The fourth-order valence-electron chi connectivity index (χ4n) is 1.41. The van der Waals surface area contributed by atoms with Crippen LogP contribution >= 0.6 is 0 Å². The first-order valence-corrected chi connectivity index (χ1v) is 4.81. The Labute approximate surface area is 75.6 Å². The van der Waals surface area contributed by atoms with Crippen molar-refractivity contribution in [3.63, 3.8) is 0 Å². The van der Waals surface area contributed by atoms with Gasteiger partial charge in [-0.25, -0.2) is 0 Å². The van der Waals surface area contributed by atoms with Crippen molar-refractivity contribution in [2.75, 3.05) is 26.2 Å². The second-order valence-electron chi connectivity index (χ2n) is 3.13. The van der Waals surface area contributed by atoms with Gasteiger partial charge in [0.1, 0.15) is 0 Å². The molecule has 0 aromatic carbocycles. The van der Waals surface area contributed by atoms with Crippen LogP contribution in [0.25, 0.3) is 0 Å². The second-order valence-corrected chi connectivity index (χ2v) is 3.13. The van der Waals surface area contributed by atoms with Crippen LogP contribution in [0.1, 0.15) is 26.7 Å². The Morgan fingerprint density at radius 3 is 2.58 bits per heavy atom. The van der Waals surface area contributed by atoms with Gasteiger partial charge in [0, 0.05) is 12.6 Å². The number of hydrogen-bond acceptors (Lipinski definition) is 3. The van der Waals surface area contributed by atoms with Gasteiger partial charge in [0.25, 0.3) is 0 Å². The molecule has 12 heavy (non-hydrogen) atoms. The first-order valence-electron chi connectivity index (χ1n) is 4.81. The predicted molar refractivity (Wildman–Crippen MR) is 52.1 cm³/mol. The van der Waals surface area contributed by atoms with Crippen LogP contribution in [-0.2, 0) is 0 Å². The van der Waals surface area contributed by atoms with Crippen LogP contribution in [0.15, 0.2) is 0 Å². The highest BCUT2D eigenvalue weighted by Gasteiger charge is 2.09. The zero-order valence-corrected chi connectivity index (χ0v) is 8.29. The van der Waals surface area contributed by atoms with Crippen molar-refractivity contribution in [3.8, 4) is 0 Å². The van der Waals surface area contributed by atoms with E-state index in [9.17, 15) is 0 Å². The van der Waals surface area contributed by atoms with E-state index in [1.807, 2.05) is 0 Å². The molecule has 74 valence electrons. The lowest BCUT2D eigenvalue weighted by molar-refractivity contribution is 0.158. The van der Waals surface area contributed by atoms with Crippen LogP contribution in [0.2, 0.25) is 0 Å². The van der Waals surface area contributed by atoms with Gasteiger partial charge in [0.05, 0.1) is 6.61 Å². The van der Waals surface area contributed by atoms with Gasteiger partial charge in [-0.15, -0.1) is 0 Å². The molecule has 3 nitrogen and oxygen atoms in total. The molecule has 1 unspecified atom stereocenters. The van der Waals surface area contributed by atoms with Gasteiger partial charge >= 0.3 is 0 Å². The van der Waals surface area contributed by atoms with Gasteiger partial charge in [-0.2, -0.15) is 0 Å². The number of hydrogen-bond donors (Lipinski definition) is 2. The average Bonchev–Trinajstić information content (AvgIpc) is 2.10. The third-order valence-electron chi connectivity index (χ3n) is 2.24. The van der Waals surface area contributed by atoms with Crippen molar-refractivity contribution >= 4 is 0 Å². The summed E-state index contributed by atoms with van der Waals surface area (Å²) in [5, 5.41) is 8.78. The second kappa shape index (κ2) is 7.53. The summed E-state index contributed by atoms with van der Waals surface area (Å²) in [6.45, 7) is 7.11. The maximum Gasteiger partial charge on any atom is 0.0558 e. The van der Waals surface area contributed by atoms with Crippen molar-refractivity contribution in [3.05, 3.63) is 0 Å². The molecule has 0 aliphatic carbocycles. The third kappa shape index (κ3) is 4.70. The maximum absolute atomic E-state index is 8.78. The summed E-state index contributed by atoms with van der Waals surface area (Å²) in [5.41, 5.74) is 5.42. The van der Waals surface area contributed by atoms with E-state index in [1.165, 1.54) is 0 Å². The number of rotatable bonds is 7. The quantitative estimate of drug-likeness (QED) is 0.588. The molecule has 0 aromatic rings. The molecule has 0 rings (SSSR count). The summed E-state index contributed by atoms with van der Waals surface area (Å²) in [6.07, 6.45) is 2.20. The summed E-state index contributed by atoms with van der Waals surface area (Å²) in [7, 11) is 0. The van der Waals surface area contributed by atoms with Gasteiger partial charge in [-0.1, -0.05) is 6.92 Å². The Morgan fingerprint density at radius 1 is 1.50 bits per heavy atom. The standard InChI is InChI=1S/C9H22N2O/c1-3-11(7-8-12)9(2)5-4-6-10/h9,12H,3-8,10H2,1-2H3. The minimum absolute atomic E-state index is 0.251. The van der Waals surface area contributed by atoms with Gasteiger partial charge in [-0.05, 0) is 32.9 Å². The summed E-state index contributed by atoms with van der Waals surface area (Å²) in [5.74, 6) is 0. The zero-order valence-electron chi connectivity index (χ0n) is 8.29. The van der Waals surface area contributed by atoms with E-state index in [-0.39, 0.29) is 6.61 Å². The molecule has 0 aliphatic heterocycles. The molecule has 0 spiro atoms. The Kier molecular flexibility index (Phi) is 7.45. The fourth-order valence-corrected chi connectivity index (χ4v) is 1.41. The van der Waals surface area contributed by atoms with Gasteiger partial charge in [0.2, 0.25) is 0 Å². The highest BCUT2D eigenvalue weighted by molar-refractivity contribution is 4.65. The highest BCUT2D eigenvalue weighted by Crippen LogP contribution is 2.04. The summed E-state index contributed by atoms with van der Waals surface area (Å²) in [6, 6.07) is 0.547. The van der Waals surface area contributed by atoms with Crippen LogP contribution in [-0.4, -0.2) is 42.3 Å². The van der Waals surface area contributed by atoms with Gasteiger partial charge in [0.15, 0.2) is 0 Å². The van der Waals surface area contributed by atoms with Crippen LogP contribution in [0, 0.1) is 0 Å². The SMILES string of the molecule is CCN(CCO)C(C)CCCN. The maximum atomic E-state index is 8.78. The molecule has 0 saturated heterocycles. The van der Waals surface area contributed by atoms with Crippen LogP contribution < -0.4 is 5.73 Å². The smallest absolute Gasteiger partial charge is 0.0558 e. The molecule has 0 heterocycles. The molecule has 0 fully saturated rings. The normalized spacial score (nSPS) is 13.8. The topological polar surface area (TPSA) is 49.5 Å². The minimum atomic E-state index is 0.251. The minimum Gasteiger partial charge on any atom is -0.395 e. The van der Waals surface area contributed by atoms with Crippen molar-refractivity contribution in [1.29, 1.82) is 0 Å². The molecule has 3 heteroatoms. The lowest BCUT2D eigenvalue weighted by Crippen LogP contribution is -2.35. The lowest BCUT2D eigenvalue weighted by atomic mass is 10.1. The van der Waals surface area contributed by atoms with Crippen LogP contribution in [0.3, 0.4) is 0 Å². The summed E-state index contributed by atoms with van der Waals surface area (Å²) < 4.78 is 0. The molecule has 0 saturated carbocycles. The van der Waals surface area contributed by atoms with E-state index in [0.717, 1.165) is 32.5 Å². The molecule has 3 N–H and O–H groups in total. The Hall–Kier alpha value is -0.120. The summed E-state index contributed by atoms with van der Waals surface area (Å²) >= 11 is 0. The molecule has 1 atom stereocenters. The molecule has 0 bridgehead atoms. The van der Waals surface area contributed by atoms with E-state index in [2.05, 4.69) is 18.7 Å². The molecule has 0 amide bonds. The Morgan fingerprint density at radius 2 is 2.17 bits per heavy atom. The zero-order chi connectivity index (χ0) is 9.40. The summed E-state index contributed by atoms with van der Waals surface area (Å²) in [4.78, 5) is 2.27. The first kappa shape index (κ1) is 11.9. The fraction of sp³-hybridized carbons (Fsp3) is 1.00. The number of nitrogens with zero attached hydrogens (tertiary/aromatic N) is 1. The number of nitrogens with two attached hydrogens (primary N) is 1. The lowest BCUT2D eigenvalue weighted by Gasteiger charge is -2.26. The molecular formula is C9H22N2O. The van der Waals surface area contributed by atoms with Crippen molar-refractivity contribution in [2.24, 2.45) is 5.73 Å². The van der Waals surface area contributed by atoms with E-state index in [1.54, 1.807) is 0 Å². The Bertz CT molecular complexity index is 98.5. The van der Waals surface area contributed by atoms with E-state index >= 15 is 0 Å². The predicted octanol–water partition coefficient (Wildman–Crippen LogP) is 0.428. The molecular weight excluding hydrogens is 152 g/mol. The first-order chi connectivity index (χ1) is 5.76. The van der Waals surface area contributed by atoms with Crippen LogP contribution in [0.4, 0.5) is 0 Å².